The molecule has 0 aliphatic heterocycles. The van der Waals surface area contributed by atoms with Gasteiger partial charge in [0.2, 0.25) is 0 Å². The van der Waals surface area contributed by atoms with Crippen LogP contribution >= 0.6 is 0 Å². The number of methoxy groups -OCH3 is 1. The van der Waals surface area contributed by atoms with E-state index in [0.717, 1.165) is 48.1 Å². The SMILES string of the molecule is CCc1nc(-c2cc3c(cc2OC)C(=O)CCC3)n(C)c(=O)c1NC(CC)CC. The summed E-state index contributed by atoms with van der Waals surface area (Å²) in [6.07, 6.45) is 4.80. The number of Topliss-reactive ketones (excluding diaryl/α,β-unsaturated/α-hetero) is 1. The predicted octanol–water partition coefficient (Wildman–Crippen LogP) is 4.14. The summed E-state index contributed by atoms with van der Waals surface area (Å²) >= 11 is 0. The number of aryl methyl sites for hydroxylation is 2. The fraction of sp³-hybridized carbons (Fsp3) is 0.522. The fourth-order valence-corrected chi connectivity index (χ4v) is 3.99. The van der Waals surface area contributed by atoms with Crippen LogP contribution in [0.15, 0.2) is 16.9 Å². The minimum absolute atomic E-state index is 0.0883. The van der Waals surface area contributed by atoms with Gasteiger partial charge < -0.3 is 10.1 Å². The van der Waals surface area contributed by atoms with Crippen molar-refractivity contribution >= 4 is 11.5 Å². The lowest BCUT2D eigenvalue weighted by Crippen LogP contribution is -2.30. The molecule has 0 bridgehead atoms. The van der Waals surface area contributed by atoms with Gasteiger partial charge in [-0.2, -0.15) is 0 Å². The largest absolute Gasteiger partial charge is 0.496 e. The van der Waals surface area contributed by atoms with Crippen molar-refractivity contribution in [1.82, 2.24) is 9.55 Å². The van der Waals surface area contributed by atoms with Crippen LogP contribution in [0.25, 0.3) is 11.4 Å². The second-order valence-corrected chi connectivity index (χ2v) is 7.62. The molecule has 29 heavy (non-hydrogen) atoms. The summed E-state index contributed by atoms with van der Waals surface area (Å²) < 4.78 is 7.17. The van der Waals surface area contributed by atoms with Gasteiger partial charge in [-0.25, -0.2) is 4.98 Å². The van der Waals surface area contributed by atoms with Gasteiger partial charge in [-0.15, -0.1) is 0 Å². The Bertz CT molecular complexity index is 974. The number of hydrogen-bond donors (Lipinski definition) is 1. The second kappa shape index (κ2) is 8.80. The molecule has 0 fully saturated rings. The van der Waals surface area contributed by atoms with Crippen LogP contribution in [0, 0.1) is 0 Å². The van der Waals surface area contributed by atoms with E-state index < -0.39 is 0 Å². The molecule has 0 atom stereocenters. The summed E-state index contributed by atoms with van der Waals surface area (Å²) in [4.78, 5) is 30.4. The number of benzene rings is 1. The first-order chi connectivity index (χ1) is 13.9. The number of anilines is 1. The van der Waals surface area contributed by atoms with E-state index >= 15 is 0 Å². The van der Waals surface area contributed by atoms with Crippen molar-refractivity contribution < 1.29 is 9.53 Å². The van der Waals surface area contributed by atoms with Crippen molar-refractivity contribution in [3.63, 3.8) is 0 Å². The number of hydrogen-bond acceptors (Lipinski definition) is 5. The smallest absolute Gasteiger partial charge is 0.277 e. The van der Waals surface area contributed by atoms with E-state index in [0.29, 0.717) is 30.1 Å². The number of nitrogens with one attached hydrogen (secondary N) is 1. The summed E-state index contributed by atoms with van der Waals surface area (Å²) in [5.41, 5.74) is 3.73. The van der Waals surface area contributed by atoms with Crippen molar-refractivity contribution in [2.45, 2.75) is 65.3 Å². The molecule has 0 amide bonds. The Kier molecular flexibility index (Phi) is 6.40. The summed E-state index contributed by atoms with van der Waals surface area (Å²) in [5, 5.41) is 3.40. The van der Waals surface area contributed by atoms with Crippen LogP contribution in [-0.2, 0) is 19.9 Å². The molecule has 1 aromatic carbocycles. The van der Waals surface area contributed by atoms with Crippen molar-refractivity contribution in [2.24, 2.45) is 7.05 Å². The highest BCUT2D eigenvalue weighted by Gasteiger charge is 2.24. The third-order valence-corrected chi connectivity index (χ3v) is 5.85. The maximum absolute atomic E-state index is 13.2. The molecule has 0 saturated carbocycles. The molecule has 1 N–H and O–H groups in total. The molecule has 156 valence electrons. The molecule has 1 aliphatic carbocycles. The summed E-state index contributed by atoms with van der Waals surface area (Å²) in [7, 11) is 3.33. The molecule has 1 aliphatic rings. The Morgan fingerprint density at radius 3 is 2.48 bits per heavy atom. The number of fused-ring (bicyclic) bond motifs is 1. The highest BCUT2D eigenvalue weighted by Crippen LogP contribution is 2.35. The lowest BCUT2D eigenvalue weighted by molar-refractivity contribution is 0.0972. The molecular weight excluding hydrogens is 366 g/mol. The minimum Gasteiger partial charge on any atom is -0.496 e. The molecule has 1 aromatic heterocycles. The van der Waals surface area contributed by atoms with E-state index in [-0.39, 0.29) is 17.4 Å². The van der Waals surface area contributed by atoms with Gasteiger partial charge in [0.25, 0.3) is 5.56 Å². The van der Waals surface area contributed by atoms with Crippen molar-refractivity contribution in [3.8, 4) is 17.1 Å². The highest BCUT2D eigenvalue weighted by molar-refractivity contribution is 5.99. The maximum atomic E-state index is 13.2. The van der Waals surface area contributed by atoms with Gasteiger partial charge in [0, 0.05) is 25.1 Å². The predicted molar refractivity (Wildman–Crippen MR) is 116 cm³/mol. The van der Waals surface area contributed by atoms with Crippen molar-refractivity contribution in [3.05, 3.63) is 39.3 Å². The van der Waals surface area contributed by atoms with Crippen molar-refractivity contribution in [1.29, 1.82) is 0 Å². The van der Waals surface area contributed by atoms with Gasteiger partial charge >= 0.3 is 0 Å². The molecule has 6 heteroatoms. The lowest BCUT2D eigenvalue weighted by Gasteiger charge is -2.22. The van der Waals surface area contributed by atoms with Gasteiger partial charge in [0.05, 0.1) is 18.4 Å². The number of ether oxygens (including phenoxy) is 1. The molecule has 0 unspecified atom stereocenters. The third-order valence-electron chi connectivity index (χ3n) is 5.85. The Hall–Kier alpha value is -2.63. The molecule has 2 aromatic rings. The summed E-state index contributed by atoms with van der Waals surface area (Å²) in [5.74, 6) is 1.29. The zero-order valence-corrected chi connectivity index (χ0v) is 18.1. The topological polar surface area (TPSA) is 73.2 Å². The van der Waals surface area contributed by atoms with Crippen LogP contribution in [0.5, 0.6) is 5.75 Å². The number of carbonyl (C=O) groups is 1. The van der Waals surface area contributed by atoms with Crippen LogP contribution in [0.3, 0.4) is 0 Å². The van der Waals surface area contributed by atoms with Crippen LogP contribution in [0.1, 0.15) is 68.1 Å². The second-order valence-electron chi connectivity index (χ2n) is 7.62. The van der Waals surface area contributed by atoms with Gasteiger partial charge in [0.15, 0.2) is 5.78 Å². The van der Waals surface area contributed by atoms with Crippen molar-refractivity contribution in [2.75, 3.05) is 12.4 Å². The molecule has 0 radical (unpaired) electrons. The molecule has 6 nitrogen and oxygen atoms in total. The van der Waals surface area contributed by atoms with E-state index in [4.69, 9.17) is 9.72 Å². The fourth-order valence-electron chi connectivity index (χ4n) is 3.99. The molecule has 0 spiro atoms. The monoisotopic (exact) mass is 397 g/mol. The molecular formula is C23H31N3O3. The van der Waals surface area contributed by atoms with Gasteiger partial charge in [-0.1, -0.05) is 20.8 Å². The molecule has 0 saturated heterocycles. The van der Waals surface area contributed by atoms with Crippen LogP contribution in [0.4, 0.5) is 5.69 Å². The molecule has 1 heterocycles. The average molecular weight is 398 g/mol. The average Bonchev–Trinajstić information content (AvgIpc) is 2.74. The minimum atomic E-state index is -0.0883. The Labute approximate surface area is 172 Å². The Balaban J connectivity index is 2.18. The van der Waals surface area contributed by atoms with Crippen LogP contribution < -0.4 is 15.6 Å². The maximum Gasteiger partial charge on any atom is 0.277 e. The number of nitrogens with zero attached hydrogens (tertiary/aromatic N) is 2. The number of carbonyl (C=O) groups excluding carboxylic acids is 1. The van der Waals surface area contributed by atoms with E-state index in [1.54, 1.807) is 24.8 Å². The summed E-state index contributed by atoms with van der Waals surface area (Å²) in [6.45, 7) is 6.23. The Morgan fingerprint density at radius 2 is 1.86 bits per heavy atom. The van der Waals surface area contributed by atoms with Gasteiger partial charge in [-0.05, 0) is 49.8 Å². The summed E-state index contributed by atoms with van der Waals surface area (Å²) in [6, 6.07) is 4.02. The van der Waals surface area contributed by atoms with E-state index in [2.05, 4.69) is 19.2 Å². The third kappa shape index (κ3) is 3.93. The van der Waals surface area contributed by atoms with E-state index in [9.17, 15) is 9.59 Å². The van der Waals surface area contributed by atoms with Crippen LogP contribution in [0.2, 0.25) is 0 Å². The highest BCUT2D eigenvalue weighted by atomic mass is 16.5. The number of ketones is 1. The van der Waals surface area contributed by atoms with E-state index in [1.165, 1.54) is 0 Å². The standard InChI is InChI=1S/C23H31N3O3/c1-6-15(7-2)24-21-18(8-3)25-22(26(4)23(21)28)17-12-14-10-9-11-19(27)16(14)13-20(17)29-5/h12-13,15,24H,6-11H2,1-5H3. The number of rotatable bonds is 7. The lowest BCUT2D eigenvalue weighted by atomic mass is 9.88. The first kappa shape index (κ1) is 21.1. The normalized spacial score (nSPS) is 13.5. The molecule has 3 rings (SSSR count). The Morgan fingerprint density at radius 1 is 1.14 bits per heavy atom. The zero-order valence-electron chi connectivity index (χ0n) is 18.1. The number of aromatic nitrogens is 2. The van der Waals surface area contributed by atoms with Gasteiger partial charge in [0.1, 0.15) is 17.3 Å². The zero-order chi connectivity index (χ0) is 21.1. The quantitative estimate of drug-likeness (QED) is 0.760. The van der Waals surface area contributed by atoms with E-state index in [1.807, 2.05) is 13.0 Å². The van der Waals surface area contributed by atoms with Crippen LogP contribution in [-0.4, -0.2) is 28.5 Å². The van der Waals surface area contributed by atoms with Gasteiger partial charge in [-0.3, -0.25) is 14.2 Å². The first-order valence-electron chi connectivity index (χ1n) is 10.6. The first-order valence-corrected chi connectivity index (χ1v) is 10.6.